The van der Waals surface area contributed by atoms with Gasteiger partial charge in [0.05, 0.1) is 0 Å². The average Bonchev–Trinajstić information content (AvgIpc) is 1.77. The quantitative estimate of drug-likeness (QED) is 0.394. The molecular weight excluding hydrogens is 171 g/mol. The molecule has 4 N–H and O–H groups in total. The first-order valence-corrected chi connectivity index (χ1v) is 2.40. The predicted octanol–water partition coefficient (Wildman–Crippen LogP) is -4.92. The third-order valence-electron chi connectivity index (χ3n) is 0.936. The Morgan fingerprint density at radius 1 is 0.800 bits per heavy atom. The lowest BCUT2D eigenvalue weighted by Crippen LogP contribution is -3.00. The van der Waals surface area contributed by atoms with E-state index in [1.165, 1.54) is 0 Å². The molecule has 0 aromatic heterocycles. The molecule has 0 aliphatic heterocycles. The second kappa shape index (κ2) is 5.21. The Bertz CT molecular complexity index is 160. The van der Waals surface area contributed by atoms with Gasteiger partial charge in [0.25, 0.3) is 0 Å². The van der Waals surface area contributed by atoms with Gasteiger partial charge in [-0.05, 0) is 24.3 Å². The summed E-state index contributed by atoms with van der Waals surface area (Å²) in [5, 5.41) is 0. The Morgan fingerprint density at radius 3 is 1.20 bits per heavy atom. The third-order valence-corrected chi connectivity index (χ3v) is 0.936. The summed E-state index contributed by atoms with van der Waals surface area (Å²) < 4.78 is 0. The first-order valence-electron chi connectivity index (χ1n) is 2.40. The SMILES string of the molecule is Nc1ccc(N)cc1.[Cl-].[Cl-].[H+].[H+]. The topological polar surface area (TPSA) is 52.0 Å². The van der Waals surface area contributed by atoms with Gasteiger partial charge in [-0.2, -0.15) is 0 Å². The highest BCUT2D eigenvalue weighted by atomic mass is 35.5. The van der Waals surface area contributed by atoms with E-state index in [9.17, 15) is 0 Å². The first-order chi connectivity index (χ1) is 3.79. The number of halogens is 2. The number of benzene rings is 1. The minimum absolute atomic E-state index is 0. The summed E-state index contributed by atoms with van der Waals surface area (Å²) in [4.78, 5) is 0. The fourth-order valence-electron chi connectivity index (χ4n) is 0.496. The standard InChI is InChI=1S/C6H8N2.2ClH/c7-5-1-2-6(8)4-3-5;;/h1-4H,7-8H2;2*1H. The first kappa shape index (κ1) is 12.1. The number of nitrogens with two attached hydrogens (primary N) is 2. The molecule has 10 heavy (non-hydrogen) atoms. The van der Waals surface area contributed by atoms with Crippen LogP contribution in [0.3, 0.4) is 0 Å². The van der Waals surface area contributed by atoms with Crippen LogP contribution in [0.15, 0.2) is 24.3 Å². The Labute approximate surface area is 75.4 Å². The van der Waals surface area contributed by atoms with Crippen LogP contribution in [0.2, 0.25) is 0 Å². The van der Waals surface area contributed by atoms with Crippen molar-refractivity contribution in [2.24, 2.45) is 0 Å². The molecule has 4 heteroatoms. The zero-order valence-corrected chi connectivity index (χ0v) is 6.73. The zero-order chi connectivity index (χ0) is 5.98. The number of nitrogen functional groups attached to an aromatic ring is 2. The minimum atomic E-state index is 0. The molecule has 2 nitrogen and oxygen atoms in total. The van der Waals surface area contributed by atoms with E-state index in [1.807, 2.05) is 0 Å². The highest BCUT2D eigenvalue weighted by molar-refractivity contribution is 5.47. The van der Waals surface area contributed by atoms with Crippen molar-refractivity contribution in [3.63, 3.8) is 0 Å². The fraction of sp³-hybridized carbons (Fsp3) is 0. The average molecular weight is 181 g/mol. The number of anilines is 2. The van der Waals surface area contributed by atoms with Crippen LogP contribution < -0.4 is 36.3 Å². The third kappa shape index (κ3) is 3.43. The van der Waals surface area contributed by atoms with E-state index in [4.69, 9.17) is 11.5 Å². The van der Waals surface area contributed by atoms with Crippen LogP contribution >= 0.6 is 0 Å². The highest BCUT2D eigenvalue weighted by Gasteiger charge is 1.80. The van der Waals surface area contributed by atoms with Crippen LogP contribution in [0.5, 0.6) is 0 Å². The zero-order valence-electron chi connectivity index (χ0n) is 7.22. The van der Waals surface area contributed by atoms with Crippen LogP contribution in [0.25, 0.3) is 0 Å². The second-order valence-corrected chi connectivity index (χ2v) is 1.67. The van der Waals surface area contributed by atoms with Gasteiger partial charge in [-0.1, -0.05) is 0 Å². The van der Waals surface area contributed by atoms with Crippen molar-refractivity contribution in [3.8, 4) is 0 Å². The van der Waals surface area contributed by atoms with Crippen molar-refractivity contribution in [2.75, 3.05) is 11.5 Å². The molecule has 0 aliphatic rings. The Balaban J connectivity index is -0.0000000800. The Morgan fingerprint density at radius 2 is 1.00 bits per heavy atom. The molecule has 0 spiro atoms. The van der Waals surface area contributed by atoms with Gasteiger partial charge >= 0.3 is 2.85 Å². The smallest absolute Gasteiger partial charge is 1.00 e. The molecule has 1 rings (SSSR count). The van der Waals surface area contributed by atoms with Crippen molar-refractivity contribution in [2.45, 2.75) is 0 Å². The molecule has 0 aliphatic carbocycles. The van der Waals surface area contributed by atoms with Gasteiger partial charge in [0, 0.05) is 11.4 Å². The van der Waals surface area contributed by atoms with Crippen LogP contribution in [0, 0.1) is 0 Å². The summed E-state index contributed by atoms with van der Waals surface area (Å²) in [5.74, 6) is 0. The van der Waals surface area contributed by atoms with E-state index in [0.29, 0.717) is 0 Å². The molecule has 0 atom stereocenters. The predicted molar refractivity (Wildman–Crippen MR) is 37.5 cm³/mol. The van der Waals surface area contributed by atoms with Crippen LogP contribution in [0.4, 0.5) is 11.4 Å². The van der Waals surface area contributed by atoms with E-state index in [-0.39, 0.29) is 27.7 Å². The molecule has 0 saturated heterocycles. The molecule has 0 fully saturated rings. The van der Waals surface area contributed by atoms with E-state index in [2.05, 4.69) is 0 Å². The largest absolute Gasteiger partial charge is 1.00 e. The summed E-state index contributed by atoms with van der Waals surface area (Å²) in [6.45, 7) is 0. The van der Waals surface area contributed by atoms with Crippen molar-refractivity contribution in [1.82, 2.24) is 0 Å². The van der Waals surface area contributed by atoms with Gasteiger partial charge < -0.3 is 36.3 Å². The molecule has 58 valence electrons. The van der Waals surface area contributed by atoms with Crippen molar-refractivity contribution in [1.29, 1.82) is 0 Å². The van der Waals surface area contributed by atoms with Gasteiger partial charge in [0.2, 0.25) is 0 Å². The van der Waals surface area contributed by atoms with Crippen LogP contribution in [0.1, 0.15) is 2.85 Å². The summed E-state index contributed by atoms with van der Waals surface area (Å²) >= 11 is 0. The van der Waals surface area contributed by atoms with Gasteiger partial charge in [0.15, 0.2) is 0 Å². The van der Waals surface area contributed by atoms with E-state index < -0.39 is 0 Å². The monoisotopic (exact) mass is 180 g/mol. The molecule has 0 saturated carbocycles. The molecule has 0 bridgehead atoms. The maximum Gasteiger partial charge on any atom is 1.00 e. The number of hydrogen-bond acceptors (Lipinski definition) is 2. The molecular formula is C6H10Cl2N2. The van der Waals surface area contributed by atoms with Gasteiger partial charge in [-0.15, -0.1) is 0 Å². The maximum absolute atomic E-state index is 5.37. The molecule has 0 heterocycles. The molecule has 0 radical (unpaired) electrons. The molecule has 0 amide bonds. The number of rotatable bonds is 0. The lowest BCUT2D eigenvalue weighted by atomic mass is 10.3. The summed E-state index contributed by atoms with van der Waals surface area (Å²) in [6.07, 6.45) is 0. The molecule has 1 aromatic carbocycles. The lowest BCUT2D eigenvalue weighted by Gasteiger charge is -1.90. The van der Waals surface area contributed by atoms with Gasteiger partial charge in [0.1, 0.15) is 0 Å². The lowest BCUT2D eigenvalue weighted by molar-refractivity contribution is -0.001000. The van der Waals surface area contributed by atoms with E-state index in [1.54, 1.807) is 24.3 Å². The van der Waals surface area contributed by atoms with E-state index in [0.717, 1.165) is 11.4 Å². The molecule has 0 unspecified atom stereocenters. The van der Waals surface area contributed by atoms with Crippen LogP contribution in [-0.2, 0) is 0 Å². The highest BCUT2D eigenvalue weighted by Crippen LogP contribution is 2.04. The van der Waals surface area contributed by atoms with Crippen LogP contribution in [-0.4, -0.2) is 0 Å². The minimum Gasteiger partial charge on any atom is -1.00 e. The van der Waals surface area contributed by atoms with E-state index >= 15 is 0 Å². The second-order valence-electron chi connectivity index (χ2n) is 1.67. The normalized spacial score (nSPS) is 7.20. The fourth-order valence-corrected chi connectivity index (χ4v) is 0.496. The Hall–Kier alpha value is -0.600. The summed E-state index contributed by atoms with van der Waals surface area (Å²) in [6, 6.07) is 7.09. The molecule has 1 aromatic rings. The number of hydrogen-bond donors (Lipinski definition) is 2. The summed E-state index contributed by atoms with van der Waals surface area (Å²) in [7, 11) is 0. The maximum atomic E-state index is 5.37. The van der Waals surface area contributed by atoms with Crippen molar-refractivity contribution < 1.29 is 27.7 Å². The van der Waals surface area contributed by atoms with Gasteiger partial charge in [-0.25, -0.2) is 0 Å². The summed E-state index contributed by atoms with van der Waals surface area (Å²) in [5.41, 5.74) is 12.2. The van der Waals surface area contributed by atoms with Gasteiger partial charge in [-0.3, -0.25) is 0 Å². The Kier molecular flexibility index (Phi) is 6.31. The van der Waals surface area contributed by atoms with Crippen molar-refractivity contribution in [3.05, 3.63) is 24.3 Å². The van der Waals surface area contributed by atoms with Crippen molar-refractivity contribution >= 4 is 11.4 Å².